The predicted octanol–water partition coefficient (Wildman–Crippen LogP) is 5.03. The van der Waals surface area contributed by atoms with Gasteiger partial charge in [-0.15, -0.1) is 0 Å². The Morgan fingerprint density at radius 2 is 1.68 bits per heavy atom. The van der Waals surface area contributed by atoms with Crippen molar-refractivity contribution in [1.29, 1.82) is 5.26 Å². The predicted molar refractivity (Wildman–Crippen MR) is 149 cm³/mol. The first-order chi connectivity index (χ1) is 18.6. The summed E-state index contributed by atoms with van der Waals surface area (Å²) in [5.41, 5.74) is 6.57. The molecule has 8 nitrogen and oxygen atoms in total. The van der Waals surface area contributed by atoms with Crippen LogP contribution in [0.2, 0.25) is 0 Å². The van der Waals surface area contributed by atoms with Gasteiger partial charge in [0.2, 0.25) is 0 Å². The number of anilines is 1. The van der Waals surface area contributed by atoms with E-state index in [0.717, 1.165) is 66.3 Å². The summed E-state index contributed by atoms with van der Waals surface area (Å²) >= 11 is 0. The highest BCUT2D eigenvalue weighted by Crippen LogP contribution is 2.32. The molecule has 4 aromatic heterocycles. The Morgan fingerprint density at radius 1 is 0.868 bits per heavy atom. The quantitative estimate of drug-likeness (QED) is 0.324. The first-order valence-corrected chi connectivity index (χ1v) is 13.0. The van der Waals surface area contributed by atoms with Crippen LogP contribution in [-0.4, -0.2) is 55.5 Å². The topological polar surface area (TPSA) is 78.3 Å². The van der Waals surface area contributed by atoms with Crippen LogP contribution < -0.4 is 4.90 Å². The standard InChI is InChI=1S/C30H30N8/c1-22(2)37-21-27(18-33-37)25-14-28(30-26(15-31)17-34-38(30)20-25)24-8-9-29(32-16-24)36-12-10-35(11-13-36)19-23-6-4-3-5-7-23/h3-9,14,16-18,20-22H,10-13,19H2,1-2H3. The van der Waals surface area contributed by atoms with E-state index < -0.39 is 0 Å². The van der Waals surface area contributed by atoms with Crippen molar-refractivity contribution >= 4 is 11.3 Å². The van der Waals surface area contributed by atoms with Crippen LogP contribution in [-0.2, 0) is 6.54 Å². The molecule has 0 N–H and O–H groups in total. The summed E-state index contributed by atoms with van der Waals surface area (Å²) in [7, 11) is 0. The van der Waals surface area contributed by atoms with Gasteiger partial charge in [0.1, 0.15) is 11.9 Å². The van der Waals surface area contributed by atoms with Gasteiger partial charge in [0.25, 0.3) is 0 Å². The second-order valence-corrected chi connectivity index (χ2v) is 10.1. The zero-order valence-corrected chi connectivity index (χ0v) is 21.7. The summed E-state index contributed by atoms with van der Waals surface area (Å²) in [6.07, 6.45) is 9.41. The van der Waals surface area contributed by atoms with Crippen LogP contribution in [0.25, 0.3) is 27.8 Å². The zero-order chi connectivity index (χ0) is 26.1. The second-order valence-electron chi connectivity index (χ2n) is 10.1. The number of nitriles is 1. The molecule has 0 unspecified atom stereocenters. The first kappa shape index (κ1) is 23.9. The molecule has 5 aromatic rings. The van der Waals surface area contributed by atoms with E-state index in [1.54, 1.807) is 10.7 Å². The lowest BCUT2D eigenvalue weighted by molar-refractivity contribution is 0.249. The molecule has 1 aliphatic rings. The van der Waals surface area contributed by atoms with Crippen molar-refractivity contribution in [2.75, 3.05) is 31.1 Å². The molecule has 1 aliphatic heterocycles. The third kappa shape index (κ3) is 4.64. The van der Waals surface area contributed by atoms with Crippen molar-refractivity contribution in [2.45, 2.75) is 26.4 Å². The molecular weight excluding hydrogens is 472 g/mol. The molecule has 0 bridgehead atoms. The Bertz CT molecular complexity index is 1580. The average Bonchev–Trinajstić information content (AvgIpc) is 3.62. The number of benzene rings is 1. The molecule has 0 radical (unpaired) electrons. The lowest BCUT2D eigenvalue weighted by Crippen LogP contribution is -2.46. The van der Waals surface area contributed by atoms with Gasteiger partial charge < -0.3 is 4.90 Å². The summed E-state index contributed by atoms with van der Waals surface area (Å²) in [5.74, 6) is 0.979. The van der Waals surface area contributed by atoms with Crippen molar-refractivity contribution in [2.24, 2.45) is 0 Å². The van der Waals surface area contributed by atoms with E-state index in [0.29, 0.717) is 5.56 Å². The van der Waals surface area contributed by atoms with Crippen LogP contribution in [0.5, 0.6) is 0 Å². The molecule has 38 heavy (non-hydrogen) atoms. The van der Waals surface area contributed by atoms with E-state index in [2.05, 4.69) is 88.4 Å². The Balaban J connectivity index is 1.25. The fourth-order valence-electron chi connectivity index (χ4n) is 5.06. The smallest absolute Gasteiger partial charge is 0.128 e. The number of fused-ring (bicyclic) bond motifs is 1. The number of aromatic nitrogens is 5. The molecule has 0 saturated carbocycles. The molecular formula is C30H30N8. The Hall–Kier alpha value is -4.48. The fourth-order valence-corrected chi connectivity index (χ4v) is 5.06. The second kappa shape index (κ2) is 10.1. The third-order valence-electron chi connectivity index (χ3n) is 7.20. The summed E-state index contributed by atoms with van der Waals surface area (Å²) in [6.45, 7) is 9.09. The molecule has 1 fully saturated rings. The van der Waals surface area contributed by atoms with Gasteiger partial charge in [-0.05, 0) is 37.6 Å². The van der Waals surface area contributed by atoms with Gasteiger partial charge in [-0.1, -0.05) is 30.3 Å². The van der Waals surface area contributed by atoms with Crippen LogP contribution in [0, 0.1) is 11.3 Å². The van der Waals surface area contributed by atoms with Crippen molar-refractivity contribution in [3.63, 3.8) is 0 Å². The molecule has 190 valence electrons. The Labute approximate surface area is 222 Å². The van der Waals surface area contributed by atoms with Gasteiger partial charge >= 0.3 is 0 Å². The van der Waals surface area contributed by atoms with Crippen molar-refractivity contribution < 1.29 is 0 Å². The molecule has 0 atom stereocenters. The van der Waals surface area contributed by atoms with E-state index in [-0.39, 0.29) is 6.04 Å². The minimum Gasteiger partial charge on any atom is -0.354 e. The normalized spacial score (nSPS) is 14.3. The van der Waals surface area contributed by atoms with Gasteiger partial charge in [0.05, 0.1) is 23.5 Å². The molecule has 0 aliphatic carbocycles. The van der Waals surface area contributed by atoms with Gasteiger partial charge in [-0.2, -0.15) is 15.5 Å². The highest BCUT2D eigenvalue weighted by molar-refractivity contribution is 5.87. The summed E-state index contributed by atoms with van der Waals surface area (Å²) in [4.78, 5) is 9.68. The number of nitrogens with zero attached hydrogens (tertiary/aromatic N) is 8. The van der Waals surface area contributed by atoms with Crippen molar-refractivity contribution in [3.8, 4) is 28.3 Å². The molecule has 1 aromatic carbocycles. The number of rotatable bonds is 6. The first-order valence-electron chi connectivity index (χ1n) is 13.0. The lowest BCUT2D eigenvalue weighted by atomic mass is 10.0. The number of hydrogen-bond acceptors (Lipinski definition) is 6. The maximum Gasteiger partial charge on any atom is 0.128 e. The molecule has 6 rings (SSSR count). The van der Waals surface area contributed by atoms with E-state index in [9.17, 15) is 5.26 Å². The SMILES string of the molecule is CC(C)n1cc(-c2cc(-c3ccc(N4CCN(Cc5ccccc5)CC4)nc3)c3c(C#N)cnn3c2)cn1. The average molecular weight is 503 g/mol. The Morgan fingerprint density at radius 3 is 2.37 bits per heavy atom. The fraction of sp³-hybridized carbons (Fsp3) is 0.267. The monoisotopic (exact) mass is 502 g/mol. The lowest BCUT2D eigenvalue weighted by Gasteiger charge is -2.35. The van der Waals surface area contributed by atoms with Crippen LogP contribution in [0.1, 0.15) is 31.0 Å². The summed E-state index contributed by atoms with van der Waals surface area (Å²) < 4.78 is 3.73. The van der Waals surface area contributed by atoms with Crippen LogP contribution in [0.15, 0.2) is 79.5 Å². The minimum atomic E-state index is 0.277. The molecule has 0 spiro atoms. The largest absolute Gasteiger partial charge is 0.354 e. The van der Waals surface area contributed by atoms with Crippen LogP contribution in [0.4, 0.5) is 5.82 Å². The summed E-state index contributed by atoms with van der Waals surface area (Å²) in [5, 5.41) is 18.7. The summed E-state index contributed by atoms with van der Waals surface area (Å²) in [6, 6.07) is 19.5. The highest BCUT2D eigenvalue weighted by Gasteiger charge is 2.19. The molecule has 1 saturated heterocycles. The number of piperazine rings is 1. The Kier molecular flexibility index (Phi) is 6.36. The molecule has 5 heterocycles. The van der Waals surface area contributed by atoms with Crippen LogP contribution >= 0.6 is 0 Å². The van der Waals surface area contributed by atoms with E-state index in [1.165, 1.54) is 5.56 Å². The van der Waals surface area contributed by atoms with E-state index >= 15 is 0 Å². The van der Waals surface area contributed by atoms with Gasteiger partial charge in [0, 0.05) is 79.6 Å². The van der Waals surface area contributed by atoms with Gasteiger partial charge in [-0.3, -0.25) is 9.58 Å². The van der Waals surface area contributed by atoms with Crippen LogP contribution in [0.3, 0.4) is 0 Å². The van der Waals surface area contributed by atoms with Crippen molar-refractivity contribution in [3.05, 3.63) is 90.6 Å². The third-order valence-corrected chi connectivity index (χ3v) is 7.20. The highest BCUT2D eigenvalue weighted by atomic mass is 15.3. The number of pyridine rings is 2. The maximum absolute atomic E-state index is 9.73. The van der Waals surface area contributed by atoms with Gasteiger partial charge in [0.15, 0.2) is 0 Å². The molecule has 0 amide bonds. The zero-order valence-electron chi connectivity index (χ0n) is 21.7. The molecule has 8 heteroatoms. The number of hydrogen-bond donors (Lipinski definition) is 0. The minimum absolute atomic E-state index is 0.277. The maximum atomic E-state index is 9.73. The van der Waals surface area contributed by atoms with Crippen molar-refractivity contribution in [1.82, 2.24) is 29.3 Å². The van der Waals surface area contributed by atoms with Gasteiger partial charge in [-0.25, -0.2) is 9.50 Å². The van der Waals surface area contributed by atoms with E-state index in [4.69, 9.17) is 4.98 Å². The van der Waals surface area contributed by atoms with E-state index in [1.807, 2.05) is 29.5 Å².